The highest BCUT2D eigenvalue weighted by molar-refractivity contribution is 5.90. The monoisotopic (exact) mass is 354 g/mol. The van der Waals surface area contributed by atoms with Gasteiger partial charge >= 0.3 is 6.03 Å². The number of para-hydroxylation sites is 2. The molecule has 0 aromatic heterocycles. The molecule has 0 spiro atoms. The highest BCUT2D eigenvalue weighted by Gasteiger charge is 2.19. The third kappa shape index (κ3) is 5.25. The van der Waals surface area contributed by atoms with E-state index in [4.69, 9.17) is 4.74 Å². The van der Waals surface area contributed by atoms with Crippen LogP contribution in [-0.4, -0.2) is 12.3 Å². The molecule has 2 rings (SSSR count). The average Bonchev–Trinajstić information content (AvgIpc) is 2.54. The van der Waals surface area contributed by atoms with E-state index in [9.17, 15) is 4.79 Å². The number of amides is 2. The predicted octanol–water partition coefficient (Wildman–Crippen LogP) is 5.65. The summed E-state index contributed by atoms with van der Waals surface area (Å²) >= 11 is 0. The van der Waals surface area contributed by atoms with Gasteiger partial charge in [-0.05, 0) is 41.5 Å². The van der Waals surface area contributed by atoms with E-state index in [0.29, 0.717) is 5.92 Å². The number of hydrogen-bond donors (Lipinski definition) is 2. The van der Waals surface area contributed by atoms with E-state index >= 15 is 0 Å². The quantitative estimate of drug-likeness (QED) is 0.681. The SMILES string of the molecule is CC(NC(=O)Nc1ccccc1C(C)(C)C)Oc1ccccc1C(C)C. The zero-order valence-corrected chi connectivity index (χ0v) is 16.6. The molecule has 0 saturated carbocycles. The van der Waals surface area contributed by atoms with E-state index < -0.39 is 6.23 Å². The molecule has 2 N–H and O–H groups in total. The molecule has 0 aliphatic carbocycles. The van der Waals surface area contributed by atoms with E-state index in [-0.39, 0.29) is 11.4 Å². The zero-order valence-electron chi connectivity index (χ0n) is 16.6. The van der Waals surface area contributed by atoms with E-state index in [1.165, 1.54) is 0 Å². The summed E-state index contributed by atoms with van der Waals surface area (Å²) in [6.07, 6.45) is -0.448. The van der Waals surface area contributed by atoms with Gasteiger partial charge in [0.2, 0.25) is 0 Å². The van der Waals surface area contributed by atoms with Crippen LogP contribution in [0.5, 0.6) is 5.75 Å². The summed E-state index contributed by atoms with van der Waals surface area (Å²) < 4.78 is 5.94. The lowest BCUT2D eigenvalue weighted by Gasteiger charge is -2.24. The summed E-state index contributed by atoms with van der Waals surface area (Å²) in [5, 5.41) is 5.79. The molecule has 1 atom stereocenters. The van der Waals surface area contributed by atoms with Crippen molar-refractivity contribution in [3.05, 3.63) is 59.7 Å². The Morgan fingerprint density at radius 3 is 2.23 bits per heavy atom. The maximum absolute atomic E-state index is 12.4. The van der Waals surface area contributed by atoms with Crippen molar-refractivity contribution in [1.29, 1.82) is 0 Å². The number of carbonyl (C=O) groups excluding carboxylic acids is 1. The molecule has 0 radical (unpaired) electrons. The molecule has 2 amide bonds. The van der Waals surface area contributed by atoms with Crippen LogP contribution < -0.4 is 15.4 Å². The zero-order chi connectivity index (χ0) is 19.3. The number of benzene rings is 2. The van der Waals surface area contributed by atoms with Crippen molar-refractivity contribution in [1.82, 2.24) is 5.32 Å². The summed E-state index contributed by atoms with van der Waals surface area (Å²) in [5.41, 5.74) is 2.98. The molecule has 4 heteroatoms. The fourth-order valence-electron chi connectivity index (χ4n) is 2.87. The van der Waals surface area contributed by atoms with Crippen molar-refractivity contribution in [3.63, 3.8) is 0 Å². The van der Waals surface area contributed by atoms with Gasteiger partial charge in [0, 0.05) is 5.69 Å². The molecule has 0 bridgehead atoms. The molecule has 26 heavy (non-hydrogen) atoms. The molecule has 140 valence electrons. The van der Waals surface area contributed by atoms with Gasteiger partial charge in [-0.1, -0.05) is 71.0 Å². The van der Waals surface area contributed by atoms with Crippen LogP contribution in [0.25, 0.3) is 0 Å². The van der Waals surface area contributed by atoms with E-state index in [1.807, 2.05) is 55.5 Å². The lowest BCUT2D eigenvalue weighted by Crippen LogP contribution is -2.40. The van der Waals surface area contributed by atoms with Crippen LogP contribution in [-0.2, 0) is 5.41 Å². The fraction of sp³-hybridized carbons (Fsp3) is 0.409. The Labute approximate surface area is 157 Å². The van der Waals surface area contributed by atoms with Gasteiger partial charge in [-0.3, -0.25) is 0 Å². The van der Waals surface area contributed by atoms with Gasteiger partial charge in [-0.15, -0.1) is 0 Å². The largest absolute Gasteiger partial charge is 0.471 e. The van der Waals surface area contributed by atoms with E-state index in [2.05, 4.69) is 45.3 Å². The van der Waals surface area contributed by atoms with Gasteiger partial charge in [0.25, 0.3) is 0 Å². The predicted molar refractivity (Wildman–Crippen MR) is 108 cm³/mol. The van der Waals surface area contributed by atoms with Gasteiger partial charge in [0.05, 0.1) is 0 Å². The summed E-state index contributed by atoms with van der Waals surface area (Å²) in [6, 6.07) is 15.5. The van der Waals surface area contributed by atoms with Gasteiger partial charge in [-0.25, -0.2) is 4.79 Å². The van der Waals surface area contributed by atoms with Crippen LogP contribution in [0.3, 0.4) is 0 Å². The van der Waals surface area contributed by atoms with Crippen LogP contribution in [0.2, 0.25) is 0 Å². The van der Waals surface area contributed by atoms with Crippen molar-refractivity contribution in [3.8, 4) is 5.75 Å². The Morgan fingerprint density at radius 1 is 0.962 bits per heavy atom. The summed E-state index contributed by atoms with van der Waals surface area (Å²) in [4.78, 5) is 12.4. The molecule has 0 aliphatic heterocycles. The second-order valence-electron chi connectivity index (χ2n) is 7.85. The van der Waals surface area contributed by atoms with Gasteiger partial charge in [-0.2, -0.15) is 0 Å². The Hall–Kier alpha value is -2.49. The average molecular weight is 354 g/mol. The fourth-order valence-corrected chi connectivity index (χ4v) is 2.87. The minimum atomic E-state index is -0.448. The first kappa shape index (κ1) is 19.8. The molecular weight excluding hydrogens is 324 g/mol. The third-order valence-electron chi connectivity index (χ3n) is 4.16. The second-order valence-corrected chi connectivity index (χ2v) is 7.85. The molecule has 4 nitrogen and oxygen atoms in total. The maximum Gasteiger partial charge on any atom is 0.322 e. The minimum absolute atomic E-state index is 0.0534. The van der Waals surface area contributed by atoms with E-state index in [0.717, 1.165) is 22.6 Å². The Bertz CT molecular complexity index is 748. The van der Waals surface area contributed by atoms with Gasteiger partial charge < -0.3 is 15.4 Å². The molecule has 2 aromatic carbocycles. The van der Waals surface area contributed by atoms with Crippen LogP contribution in [0.15, 0.2) is 48.5 Å². The van der Waals surface area contributed by atoms with Gasteiger partial charge in [0.1, 0.15) is 5.75 Å². The Morgan fingerprint density at radius 2 is 1.58 bits per heavy atom. The first-order valence-electron chi connectivity index (χ1n) is 9.11. The van der Waals surface area contributed by atoms with Crippen molar-refractivity contribution >= 4 is 11.7 Å². The van der Waals surface area contributed by atoms with Crippen LogP contribution in [0.1, 0.15) is 58.6 Å². The molecule has 1 unspecified atom stereocenters. The van der Waals surface area contributed by atoms with Crippen molar-refractivity contribution < 1.29 is 9.53 Å². The number of carbonyl (C=O) groups is 1. The molecule has 0 aliphatic rings. The molecular formula is C22H30N2O2. The minimum Gasteiger partial charge on any atom is -0.471 e. The second kappa shape index (κ2) is 8.26. The topological polar surface area (TPSA) is 50.4 Å². The van der Waals surface area contributed by atoms with Crippen LogP contribution >= 0.6 is 0 Å². The lowest BCUT2D eigenvalue weighted by molar-refractivity contribution is 0.181. The standard InChI is InChI=1S/C22H30N2O2/c1-15(2)17-11-7-10-14-20(17)26-16(3)23-21(25)24-19-13-9-8-12-18(19)22(4,5)6/h7-16H,1-6H3,(H2,23,24,25). The lowest BCUT2D eigenvalue weighted by atomic mass is 9.86. The molecule has 0 heterocycles. The Kier molecular flexibility index (Phi) is 6.30. The summed E-state index contributed by atoms with van der Waals surface area (Å²) in [7, 11) is 0. The normalized spacial score (nSPS) is 12.6. The van der Waals surface area contributed by atoms with Gasteiger partial charge in [0.15, 0.2) is 6.23 Å². The maximum atomic E-state index is 12.4. The molecule has 0 fully saturated rings. The smallest absolute Gasteiger partial charge is 0.322 e. The first-order valence-corrected chi connectivity index (χ1v) is 9.11. The van der Waals surface area contributed by atoms with Crippen molar-refractivity contribution in [2.45, 2.75) is 59.1 Å². The van der Waals surface area contributed by atoms with Crippen LogP contribution in [0.4, 0.5) is 10.5 Å². The third-order valence-corrected chi connectivity index (χ3v) is 4.16. The number of ether oxygens (including phenoxy) is 1. The molecule has 2 aromatic rings. The first-order chi connectivity index (χ1) is 12.2. The number of urea groups is 1. The number of rotatable bonds is 5. The van der Waals surface area contributed by atoms with E-state index in [1.54, 1.807) is 0 Å². The molecule has 0 saturated heterocycles. The number of hydrogen-bond acceptors (Lipinski definition) is 2. The summed E-state index contributed by atoms with van der Waals surface area (Å²) in [6.45, 7) is 12.4. The highest BCUT2D eigenvalue weighted by atomic mass is 16.5. The number of nitrogens with one attached hydrogen (secondary N) is 2. The van der Waals surface area contributed by atoms with Crippen LogP contribution in [0, 0.1) is 0 Å². The highest BCUT2D eigenvalue weighted by Crippen LogP contribution is 2.29. The van der Waals surface area contributed by atoms with Crippen molar-refractivity contribution in [2.75, 3.05) is 5.32 Å². The number of anilines is 1. The Balaban J connectivity index is 2.03. The summed E-state index contributed by atoms with van der Waals surface area (Å²) in [5.74, 6) is 1.15. The van der Waals surface area contributed by atoms with Crippen molar-refractivity contribution in [2.24, 2.45) is 0 Å².